The van der Waals surface area contributed by atoms with Gasteiger partial charge in [-0.1, -0.05) is 23.7 Å². The molecule has 44 heavy (non-hydrogen) atoms. The number of aromatic nitrogens is 1. The SMILES string of the molecule is Cc1ccc(C)n1-c1ccc(OCc2ccc(C(=O)N/N=C/c3cc(Cl)ccc3OCC(=O)Nc3ccccc3F)o2)cc1. The van der Waals surface area contributed by atoms with Crippen LogP contribution in [-0.4, -0.2) is 29.2 Å². The molecule has 11 heteroatoms. The average molecular weight is 615 g/mol. The van der Waals surface area contributed by atoms with Crippen LogP contribution in [0.15, 0.2) is 101 Å². The average Bonchev–Trinajstić information content (AvgIpc) is 3.63. The molecule has 0 saturated heterocycles. The molecule has 3 aromatic carbocycles. The van der Waals surface area contributed by atoms with Crippen molar-refractivity contribution in [2.45, 2.75) is 20.5 Å². The first-order valence-electron chi connectivity index (χ1n) is 13.5. The van der Waals surface area contributed by atoms with Gasteiger partial charge in [-0.05, 0) is 92.7 Å². The number of hydrazone groups is 1. The molecule has 0 aliphatic heterocycles. The van der Waals surface area contributed by atoms with Crippen LogP contribution in [0.25, 0.3) is 5.69 Å². The van der Waals surface area contributed by atoms with Crippen molar-refractivity contribution >= 4 is 35.3 Å². The maximum absolute atomic E-state index is 13.8. The summed E-state index contributed by atoms with van der Waals surface area (Å²) in [5.41, 5.74) is 6.16. The lowest BCUT2D eigenvalue weighted by molar-refractivity contribution is -0.118. The van der Waals surface area contributed by atoms with Gasteiger partial charge in [0.1, 0.15) is 29.7 Å². The number of amides is 2. The van der Waals surface area contributed by atoms with E-state index in [4.69, 9.17) is 25.5 Å². The van der Waals surface area contributed by atoms with Gasteiger partial charge >= 0.3 is 5.91 Å². The Hall–Kier alpha value is -5.35. The van der Waals surface area contributed by atoms with Gasteiger partial charge in [-0.25, -0.2) is 9.82 Å². The molecule has 0 atom stereocenters. The number of halogens is 2. The van der Waals surface area contributed by atoms with E-state index >= 15 is 0 Å². The van der Waals surface area contributed by atoms with E-state index in [9.17, 15) is 14.0 Å². The molecule has 5 rings (SSSR count). The second-order valence-corrected chi connectivity index (χ2v) is 10.1. The Balaban J connectivity index is 1.13. The standard InChI is InChI=1S/C33H28ClFN4O5/c1-21-7-8-22(2)39(21)25-10-12-26(13-11-25)42-19-27-14-16-31(44-27)33(41)38-36-18-23-17-24(34)9-15-30(23)43-20-32(40)37-29-6-4-3-5-28(29)35/h3-18H,19-20H2,1-2H3,(H,37,40)(H,38,41)/b36-18+. The molecule has 5 aromatic rings. The summed E-state index contributed by atoms with van der Waals surface area (Å²) in [5, 5.41) is 6.80. The zero-order valence-electron chi connectivity index (χ0n) is 23.8. The third kappa shape index (κ3) is 7.53. The lowest BCUT2D eigenvalue weighted by Gasteiger charge is -2.10. The molecular formula is C33H28ClFN4O5. The molecule has 0 spiro atoms. The number of para-hydroxylation sites is 1. The van der Waals surface area contributed by atoms with Crippen molar-refractivity contribution in [1.29, 1.82) is 0 Å². The Morgan fingerprint density at radius 2 is 1.70 bits per heavy atom. The maximum Gasteiger partial charge on any atom is 0.307 e. The lowest BCUT2D eigenvalue weighted by Crippen LogP contribution is -2.21. The smallest absolute Gasteiger partial charge is 0.307 e. The number of rotatable bonds is 11. The first-order chi connectivity index (χ1) is 21.3. The third-order valence-corrected chi connectivity index (χ3v) is 6.72. The predicted octanol–water partition coefficient (Wildman–Crippen LogP) is 6.84. The van der Waals surface area contributed by atoms with E-state index in [-0.39, 0.29) is 23.8 Å². The van der Waals surface area contributed by atoms with E-state index in [0.29, 0.717) is 22.1 Å². The minimum atomic E-state index is -0.580. The van der Waals surface area contributed by atoms with E-state index in [1.807, 2.05) is 24.3 Å². The van der Waals surface area contributed by atoms with E-state index in [2.05, 4.69) is 46.4 Å². The molecule has 2 N–H and O–H groups in total. The molecule has 224 valence electrons. The summed E-state index contributed by atoms with van der Waals surface area (Å²) in [6.07, 6.45) is 1.32. The molecule has 0 radical (unpaired) electrons. The van der Waals surface area contributed by atoms with Crippen molar-refractivity contribution in [3.63, 3.8) is 0 Å². The van der Waals surface area contributed by atoms with Gasteiger partial charge in [-0.15, -0.1) is 0 Å². The largest absolute Gasteiger partial charge is 0.486 e. The Bertz CT molecular complexity index is 1790. The monoisotopic (exact) mass is 614 g/mol. The molecule has 0 saturated carbocycles. The fourth-order valence-electron chi connectivity index (χ4n) is 4.36. The lowest BCUT2D eigenvalue weighted by atomic mass is 10.2. The molecule has 9 nitrogen and oxygen atoms in total. The molecule has 0 bridgehead atoms. The Morgan fingerprint density at radius 3 is 2.45 bits per heavy atom. The summed E-state index contributed by atoms with van der Waals surface area (Å²) in [5.74, 6) is -0.258. The quantitative estimate of drug-likeness (QED) is 0.125. The van der Waals surface area contributed by atoms with Gasteiger partial charge < -0.3 is 23.8 Å². The summed E-state index contributed by atoms with van der Waals surface area (Å²) in [6.45, 7) is 3.84. The second kappa shape index (κ2) is 13.7. The topological polar surface area (TPSA) is 107 Å². The highest BCUT2D eigenvalue weighted by Crippen LogP contribution is 2.23. The minimum Gasteiger partial charge on any atom is -0.486 e. The first-order valence-corrected chi connectivity index (χ1v) is 13.9. The van der Waals surface area contributed by atoms with E-state index in [0.717, 1.165) is 17.1 Å². The van der Waals surface area contributed by atoms with Gasteiger partial charge in [0.25, 0.3) is 5.91 Å². The molecule has 0 aliphatic carbocycles. The van der Waals surface area contributed by atoms with E-state index < -0.39 is 24.2 Å². The normalized spacial score (nSPS) is 11.0. The first kappa shape index (κ1) is 30.1. The number of benzene rings is 3. The van der Waals surface area contributed by atoms with Crippen molar-refractivity contribution in [3.8, 4) is 17.2 Å². The molecule has 2 aromatic heterocycles. The number of nitrogens with zero attached hydrogens (tertiary/aromatic N) is 2. The fraction of sp³-hybridized carbons (Fsp3) is 0.121. The van der Waals surface area contributed by atoms with Gasteiger partial charge in [0.05, 0.1) is 11.9 Å². The van der Waals surface area contributed by atoms with Gasteiger partial charge in [0, 0.05) is 27.7 Å². The summed E-state index contributed by atoms with van der Waals surface area (Å²) < 4.78 is 33.0. The maximum atomic E-state index is 13.8. The van der Waals surface area contributed by atoms with E-state index in [1.54, 1.807) is 30.3 Å². The van der Waals surface area contributed by atoms with Crippen LogP contribution < -0.4 is 20.2 Å². The van der Waals surface area contributed by atoms with Gasteiger partial charge in [0.15, 0.2) is 12.4 Å². The number of carbonyl (C=O) groups excluding carboxylic acids is 2. The van der Waals surface area contributed by atoms with Gasteiger partial charge in [-0.3, -0.25) is 9.59 Å². The Kier molecular flexibility index (Phi) is 9.41. The van der Waals surface area contributed by atoms with Crippen molar-refractivity contribution in [1.82, 2.24) is 9.99 Å². The summed E-state index contributed by atoms with van der Waals surface area (Å²) in [4.78, 5) is 24.8. The molecular weight excluding hydrogens is 587 g/mol. The van der Waals surface area contributed by atoms with Crippen molar-refractivity contribution in [3.05, 3.63) is 130 Å². The van der Waals surface area contributed by atoms with Crippen molar-refractivity contribution in [2.24, 2.45) is 5.10 Å². The summed E-state index contributed by atoms with van der Waals surface area (Å²) in [6, 6.07) is 25.5. The Labute approximate surface area is 257 Å². The summed E-state index contributed by atoms with van der Waals surface area (Å²) >= 11 is 6.11. The predicted molar refractivity (Wildman–Crippen MR) is 165 cm³/mol. The van der Waals surface area contributed by atoms with Crippen molar-refractivity contribution in [2.75, 3.05) is 11.9 Å². The number of nitrogens with one attached hydrogen (secondary N) is 2. The van der Waals surface area contributed by atoms with E-state index in [1.165, 1.54) is 30.5 Å². The van der Waals surface area contributed by atoms with Gasteiger partial charge in [0.2, 0.25) is 0 Å². The molecule has 2 heterocycles. The molecule has 2 amide bonds. The number of anilines is 1. The summed E-state index contributed by atoms with van der Waals surface area (Å²) in [7, 11) is 0. The zero-order valence-corrected chi connectivity index (χ0v) is 24.6. The number of hydrogen-bond acceptors (Lipinski definition) is 6. The molecule has 0 aliphatic rings. The van der Waals surface area contributed by atoms with Crippen LogP contribution in [-0.2, 0) is 11.4 Å². The van der Waals surface area contributed by atoms with Crippen molar-refractivity contribution < 1.29 is 27.9 Å². The Morgan fingerprint density at radius 1 is 0.955 bits per heavy atom. The number of aryl methyl sites for hydroxylation is 2. The minimum absolute atomic E-state index is 0.0433. The van der Waals surface area contributed by atoms with Crippen LogP contribution in [0.3, 0.4) is 0 Å². The number of ether oxygens (including phenoxy) is 2. The third-order valence-electron chi connectivity index (χ3n) is 6.48. The van der Waals surface area contributed by atoms with Crippen LogP contribution in [0.1, 0.15) is 33.3 Å². The number of carbonyl (C=O) groups is 2. The van der Waals surface area contributed by atoms with Crippen LogP contribution in [0, 0.1) is 19.7 Å². The fourth-order valence-corrected chi connectivity index (χ4v) is 4.54. The molecule has 0 fully saturated rings. The van der Waals surface area contributed by atoms with Gasteiger partial charge in [-0.2, -0.15) is 5.10 Å². The van der Waals surface area contributed by atoms with Crippen LogP contribution in [0.4, 0.5) is 10.1 Å². The number of hydrogen-bond donors (Lipinski definition) is 2. The number of furan rings is 1. The van der Waals surface area contributed by atoms with Crippen LogP contribution >= 0.6 is 11.6 Å². The zero-order chi connectivity index (χ0) is 31.1. The highest BCUT2D eigenvalue weighted by atomic mass is 35.5. The van der Waals surface area contributed by atoms with Crippen LogP contribution in [0.2, 0.25) is 5.02 Å². The second-order valence-electron chi connectivity index (χ2n) is 9.70. The van der Waals surface area contributed by atoms with Crippen LogP contribution in [0.5, 0.6) is 11.5 Å². The molecule has 0 unspecified atom stereocenters. The highest BCUT2D eigenvalue weighted by Gasteiger charge is 2.13. The highest BCUT2D eigenvalue weighted by molar-refractivity contribution is 6.30.